The van der Waals surface area contributed by atoms with Crippen molar-refractivity contribution in [3.63, 3.8) is 0 Å². The smallest absolute Gasteiger partial charge is 0.224 e. The van der Waals surface area contributed by atoms with Gasteiger partial charge < -0.3 is 0 Å². The topological polar surface area (TPSA) is 22.2 Å². The van der Waals surface area contributed by atoms with E-state index in [1.807, 2.05) is 24.5 Å². The predicted octanol–water partition coefficient (Wildman–Crippen LogP) is 2.49. The molecule has 0 amide bonds. The van der Waals surface area contributed by atoms with Gasteiger partial charge in [0.05, 0.1) is 33.9 Å². The van der Waals surface area contributed by atoms with Crippen molar-refractivity contribution in [3.8, 4) is 0 Å². The molecule has 0 bridgehead atoms. The van der Waals surface area contributed by atoms with Crippen LogP contribution in [0.4, 0.5) is 0 Å². The van der Waals surface area contributed by atoms with Crippen LogP contribution in [0.15, 0.2) is 36.7 Å². The minimum Gasteiger partial charge on any atom is -0.283 e. The van der Waals surface area contributed by atoms with E-state index in [4.69, 9.17) is 0 Å². The maximum atomic E-state index is 4.27. The number of fused-ring (bicyclic) bond motifs is 3. The summed E-state index contributed by atoms with van der Waals surface area (Å²) in [5.74, 6) is 0.974. The highest BCUT2D eigenvalue weighted by Gasteiger charge is 2.07. The van der Waals surface area contributed by atoms with Gasteiger partial charge in [-0.3, -0.25) is 4.40 Å². The highest BCUT2D eigenvalue weighted by Crippen LogP contribution is 2.21. The molecule has 0 fully saturated rings. The van der Waals surface area contributed by atoms with E-state index in [0.29, 0.717) is 0 Å². The van der Waals surface area contributed by atoms with Crippen LogP contribution in [0, 0.1) is 0 Å². The molecule has 4 heteroatoms. The fourth-order valence-electron chi connectivity index (χ4n) is 1.57. The van der Waals surface area contributed by atoms with Crippen molar-refractivity contribution in [3.05, 3.63) is 36.7 Å². The van der Waals surface area contributed by atoms with Gasteiger partial charge in [0, 0.05) is 12.4 Å². The number of para-hydroxylation sites is 2. The second-order valence-electron chi connectivity index (χ2n) is 2.87. The zero-order valence-electron chi connectivity index (χ0n) is 6.68. The molecule has 0 saturated carbocycles. The molecule has 13 heavy (non-hydrogen) atoms. The Bertz CT molecular complexity index is 579. The van der Waals surface area contributed by atoms with Gasteiger partial charge in [0.15, 0.2) is 0 Å². The van der Waals surface area contributed by atoms with Crippen LogP contribution in [-0.2, 0) is 0 Å². The quantitative estimate of drug-likeness (QED) is 0.581. The van der Waals surface area contributed by atoms with Crippen molar-refractivity contribution in [1.29, 1.82) is 0 Å². The number of nitrogens with zero attached hydrogens (tertiary/aromatic N) is 3. The van der Waals surface area contributed by atoms with Crippen molar-refractivity contribution in [2.24, 2.45) is 0 Å². The Kier molecular flexibility index (Phi) is 1.40. The van der Waals surface area contributed by atoms with E-state index in [-0.39, 0.29) is 0 Å². The Morgan fingerprint density at radius 2 is 1.92 bits per heavy atom. The van der Waals surface area contributed by atoms with Gasteiger partial charge in [0.1, 0.15) is 0 Å². The summed E-state index contributed by atoms with van der Waals surface area (Å²) in [6.45, 7) is 0. The number of aromatic nitrogens is 3. The van der Waals surface area contributed by atoms with Gasteiger partial charge >= 0.3 is 0 Å². The van der Waals surface area contributed by atoms with Gasteiger partial charge in [-0.25, -0.2) is 7.76 Å². The van der Waals surface area contributed by atoms with Gasteiger partial charge in [-0.05, 0) is 12.1 Å². The summed E-state index contributed by atoms with van der Waals surface area (Å²) in [6.07, 6.45) is 3.80. The Labute approximate surface area is 88.5 Å². The molecule has 1 aromatic carbocycles. The maximum Gasteiger partial charge on any atom is 0.224 e. The van der Waals surface area contributed by atoms with Crippen LogP contribution in [0.25, 0.3) is 16.8 Å². The number of halogens is 1. The first-order valence-corrected chi connectivity index (χ1v) is 4.93. The van der Waals surface area contributed by atoms with Crippen molar-refractivity contribution < 1.29 is 0 Å². The molecular formula is C9H6IN3. The van der Waals surface area contributed by atoms with E-state index < -0.39 is 0 Å². The van der Waals surface area contributed by atoms with Crippen molar-refractivity contribution in [2.75, 3.05) is 0 Å². The Morgan fingerprint density at radius 3 is 2.77 bits per heavy atom. The van der Waals surface area contributed by atoms with Gasteiger partial charge in [0.25, 0.3) is 0 Å². The largest absolute Gasteiger partial charge is 0.283 e. The normalized spacial score (nSPS) is 11.5. The molecule has 0 spiro atoms. The molecule has 0 aliphatic heterocycles. The van der Waals surface area contributed by atoms with Crippen molar-refractivity contribution >= 4 is 39.7 Å². The van der Waals surface area contributed by atoms with E-state index in [1.54, 1.807) is 0 Å². The number of hydrogen-bond donors (Lipinski definition) is 0. The molecule has 0 aliphatic rings. The average molecular weight is 283 g/mol. The summed E-state index contributed by atoms with van der Waals surface area (Å²) in [5, 5.41) is 0. The van der Waals surface area contributed by atoms with Gasteiger partial charge in [-0.2, -0.15) is 0 Å². The fourth-order valence-corrected chi connectivity index (χ4v) is 2.34. The zero-order valence-corrected chi connectivity index (χ0v) is 8.84. The summed E-state index contributed by atoms with van der Waals surface area (Å²) in [6, 6.07) is 8.27. The molecule has 3 rings (SSSR count). The van der Waals surface area contributed by atoms with Crippen LogP contribution in [0.5, 0.6) is 0 Å². The monoisotopic (exact) mass is 283 g/mol. The molecule has 0 radical (unpaired) electrons. The minimum absolute atomic E-state index is 0.974. The van der Waals surface area contributed by atoms with E-state index in [1.165, 1.54) is 11.0 Å². The van der Waals surface area contributed by atoms with E-state index in [2.05, 4.69) is 47.2 Å². The zero-order chi connectivity index (χ0) is 8.84. The van der Waals surface area contributed by atoms with Crippen LogP contribution in [-0.4, -0.2) is 12.2 Å². The lowest BCUT2D eigenvalue weighted by Crippen LogP contribution is -1.78. The summed E-state index contributed by atoms with van der Waals surface area (Å²) >= 11 is 2.26. The average Bonchev–Trinajstić information content (AvgIpc) is 2.72. The molecule has 64 valence electrons. The third kappa shape index (κ3) is 0.861. The van der Waals surface area contributed by atoms with Crippen LogP contribution < -0.4 is 0 Å². The minimum atomic E-state index is 0.974. The Balaban J connectivity index is 2.72. The van der Waals surface area contributed by atoms with E-state index in [0.717, 1.165) is 5.78 Å². The Morgan fingerprint density at radius 1 is 1.15 bits per heavy atom. The summed E-state index contributed by atoms with van der Waals surface area (Å²) in [4.78, 5) is 4.27. The second kappa shape index (κ2) is 2.47. The van der Waals surface area contributed by atoms with Crippen molar-refractivity contribution in [1.82, 2.24) is 12.2 Å². The van der Waals surface area contributed by atoms with Gasteiger partial charge in [-0.15, -0.1) is 0 Å². The molecule has 3 aromatic rings. The Hall–Kier alpha value is -1.04. The fraction of sp³-hybridized carbons (Fsp3) is 0. The number of hydrogen-bond acceptors (Lipinski definition) is 1. The first kappa shape index (κ1) is 7.37. The number of rotatable bonds is 0. The first-order chi connectivity index (χ1) is 6.38. The molecule has 2 heterocycles. The van der Waals surface area contributed by atoms with Gasteiger partial charge in [-0.1, -0.05) is 12.1 Å². The molecule has 0 unspecified atom stereocenters. The molecule has 2 aromatic heterocycles. The van der Waals surface area contributed by atoms with Crippen molar-refractivity contribution in [2.45, 2.75) is 0 Å². The third-order valence-corrected chi connectivity index (χ3v) is 3.10. The van der Waals surface area contributed by atoms with Crippen LogP contribution >= 0.6 is 22.9 Å². The molecule has 0 atom stereocenters. The molecule has 0 N–H and O–H groups in total. The lowest BCUT2D eigenvalue weighted by molar-refractivity contribution is 1.23. The molecule has 0 saturated heterocycles. The standard InChI is InChI=1S/C9H6IN3/c10-13-8-4-2-1-3-7(8)12-6-5-11-9(12)13/h1-6H. The summed E-state index contributed by atoms with van der Waals surface area (Å²) in [5.41, 5.74) is 2.40. The lowest BCUT2D eigenvalue weighted by atomic mass is 10.3. The number of benzene rings is 1. The van der Waals surface area contributed by atoms with Gasteiger partial charge in [0.2, 0.25) is 5.78 Å². The lowest BCUT2D eigenvalue weighted by Gasteiger charge is -1.89. The molecule has 0 aliphatic carbocycles. The number of imidazole rings is 2. The summed E-state index contributed by atoms with van der Waals surface area (Å²) < 4.78 is 4.15. The summed E-state index contributed by atoms with van der Waals surface area (Å²) in [7, 11) is 0. The van der Waals surface area contributed by atoms with E-state index in [9.17, 15) is 0 Å². The molecule has 3 nitrogen and oxygen atoms in total. The third-order valence-electron chi connectivity index (χ3n) is 2.15. The highest BCUT2D eigenvalue weighted by atomic mass is 127. The molecular weight excluding hydrogens is 277 g/mol. The van der Waals surface area contributed by atoms with E-state index >= 15 is 0 Å². The highest BCUT2D eigenvalue weighted by molar-refractivity contribution is 14.1. The van der Waals surface area contributed by atoms with Crippen LogP contribution in [0.2, 0.25) is 0 Å². The van der Waals surface area contributed by atoms with Crippen LogP contribution in [0.3, 0.4) is 0 Å². The SMILES string of the molecule is In1c2ccccc2n2ccnc12. The second-order valence-corrected chi connectivity index (χ2v) is 3.83. The maximum absolute atomic E-state index is 4.27. The predicted molar refractivity (Wildman–Crippen MR) is 60.1 cm³/mol. The van der Waals surface area contributed by atoms with Crippen LogP contribution in [0.1, 0.15) is 0 Å². The first-order valence-electron chi connectivity index (χ1n) is 3.96.